The van der Waals surface area contributed by atoms with Crippen LogP contribution in [0.5, 0.6) is 0 Å². The number of halogens is 2. The maximum absolute atomic E-state index is 6.13. The molecule has 0 radical (unpaired) electrons. The van der Waals surface area contributed by atoms with Gasteiger partial charge in [0.05, 0.1) is 6.20 Å². The Bertz CT molecular complexity index is 837. The Hall–Kier alpha value is -2.37. The Morgan fingerprint density at radius 1 is 1.04 bits per heavy atom. The van der Waals surface area contributed by atoms with Gasteiger partial charge in [0.25, 0.3) is 0 Å². The minimum absolute atomic E-state index is 0.438. The molecule has 1 heterocycles. The van der Waals surface area contributed by atoms with Crippen LogP contribution >= 0.6 is 23.2 Å². The fourth-order valence-electron chi connectivity index (χ4n) is 2.04. The Balaban J connectivity index is 1.67. The molecule has 0 saturated carbocycles. The summed E-state index contributed by atoms with van der Waals surface area (Å²) in [4.78, 5) is 4.39. The molecule has 0 amide bonds. The maximum Gasteiger partial charge on any atom is 0.244 e. The lowest BCUT2D eigenvalue weighted by Crippen LogP contribution is -2.06. The van der Waals surface area contributed by atoms with Gasteiger partial charge in [0.15, 0.2) is 5.82 Å². The van der Waals surface area contributed by atoms with Crippen LogP contribution in [0.4, 0.5) is 17.5 Å². The van der Waals surface area contributed by atoms with Crippen LogP contribution in [0.2, 0.25) is 10.0 Å². The van der Waals surface area contributed by atoms with Gasteiger partial charge in [-0.2, -0.15) is 10.1 Å². The summed E-state index contributed by atoms with van der Waals surface area (Å²) in [6, 6.07) is 13.3. The zero-order valence-corrected chi connectivity index (χ0v) is 14.4. The largest absolute Gasteiger partial charge is 0.349 e. The van der Waals surface area contributed by atoms with Crippen molar-refractivity contribution in [3.8, 4) is 0 Å². The normalized spacial score (nSPS) is 10.5. The molecular formula is C17H15Cl2N5. The van der Waals surface area contributed by atoms with Crippen molar-refractivity contribution in [2.75, 3.05) is 10.6 Å². The summed E-state index contributed by atoms with van der Waals surface area (Å²) >= 11 is 12.0. The van der Waals surface area contributed by atoms with Crippen LogP contribution in [-0.2, 0) is 6.54 Å². The smallest absolute Gasteiger partial charge is 0.244 e. The molecule has 3 aromatic rings. The molecule has 5 nitrogen and oxygen atoms in total. The molecule has 0 bridgehead atoms. The van der Waals surface area contributed by atoms with Crippen LogP contribution in [0.15, 0.2) is 48.7 Å². The van der Waals surface area contributed by atoms with E-state index in [-0.39, 0.29) is 0 Å². The molecule has 0 aliphatic carbocycles. The summed E-state index contributed by atoms with van der Waals surface area (Å²) in [5.41, 5.74) is 2.94. The molecule has 24 heavy (non-hydrogen) atoms. The van der Waals surface area contributed by atoms with Crippen molar-refractivity contribution >= 4 is 40.7 Å². The monoisotopic (exact) mass is 359 g/mol. The molecule has 2 N–H and O–H groups in total. The van der Waals surface area contributed by atoms with E-state index in [4.69, 9.17) is 23.2 Å². The van der Waals surface area contributed by atoms with Crippen LogP contribution in [0.25, 0.3) is 0 Å². The highest BCUT2D eigenvalue weighted by Crippen LogP contribution is 2.22. The summed E-state index contributed by atoms with van der Waals surface area (Å²) in [7, 11) is 0. The molecule has 0 aliphatic heterocycles. The van der Waals surface area contributed by atoms with Crippen LogP contribution < -0.4 is 10.6 Å². The minimum Gasteiger partial charge on any atom is -0.349 e. The summed E-state index contributed by atoms with van der Waals surface area (Å²) < 4.78 is 0. The van der Waals surface area contributed by atoms with Gasteiger partial charge in [-0.15, -0.1) is 5.10 Å². The third-order valence-electron chi connectivity index (χ3n) is 3.37. The second-order valence-corrected chi connectivity index (χ2v) is 6.08. The molecule has 0 atom stereocenters. The number of aryl methyl sites for hydroxylation is 1. The Morgan fingerprint density at radius 3 is 2.58 bits per heavy atom. The second-order valence-electron chi connectivity index (χ2n) is 5.23. The van der Waals surface area contributed by atoms with E-state index in [1.807, 2.05) is 49.4 Å². The molecule has 0 unspecified atom stereocenters. The molecule has 0 fully saturated rings. The van der Waals surface area contributed by atoms with Gasteiger partial charge in [-0.1, -0.05) is 41.4 Å². The summed E-state index contributed by atoms with van der Waals surface area (Å²) in [5.74, 6) is 1.02. The average molecular weight is 360 g/mol. The quantitative estimate of drug-likeness (QED) is 0.682. The Morgan fingerprint density at radius 2 is 1.83 bits per heavy atom. The van der Waals surface area contributed by atoms with E-state index in [2.05, 4.69) is 25.8 Å². The highest BCUT2D eigenvalue weighted by molar-refractivity contribution is 6.31. The van der Waals surface area contributed by atoms with E-state index in [1.165, 1.54) is 0 Å². The fraction of sp³-hybridized carbons (Fsp3) is 0.118. The van der Waals surface area contributed by atoms with Gasteiger partial charge in [0, 0.05) is 22.3 Å². The third-order valence-corrected chi connectivity index (χ3v) is 4.03. The van der Waals surface area contributed by atoms with Gasteiger partial charge in [0.1, 0.15) is 0 Å². The van der Waals surface area contributed by atoms with E-state index in [9.17, 15) is 0 Å². The SMILES string of the molecule is Cc1ccc(Nc2cnnc(NCc3ccc(Cl)cc3)n2)cc1Cl. The first-order chi connectivity index (χ1) is 11.6. The molecule has 0 spiro atoms. The molecular weight excluding hydrogens is 345 g/mol. The van der Waals surface area contributed by atoms with Crippen molar-refractivity contribution in [2.45, 2.75) is 13.5 Å². The van der Waals surface area contributed by atoms with Crippen LogP contribution in [0, 0.1) is 6.92 Å². The number of nitrogens with one attached hydrogen (secondary N) is 2. The molecule has 0 saturated heterocycles. The standard InChI is InChI=1S/C17H15Cl2N5/c1-11-2-7-14(8-15(11)19)22-16-10-21-24-17(23-16)20-9-12-3-5-13(18)6-4-12/h2-8,10H,9H2,1H3,(H2,20,22,23,24). The third kappa shape index (κ3) is 4.34. The number of hydrogen-bond acceptors (Lipinski definition) is 5. The van der Waals surface area contributed by atoms with E-state index < -0.39 is 0 Å². The second kappa shape index (κ2) is 7.47. The van der Waals surface area contributed by atoms with E-state index in [0.29, 0.717) is 28.4 Å². The van der Waals surface area contributed by atoms with Crippen molar-refractivity contribution < 1.29 is 0 Å². The first-order valence-corrected chi connectivity index (χ1v) is 8.07. The highest BCUT2D eigenvalue weighted by atomic mass is 35.5. The fourth-order valence-corrected chi connectivity index (χ4v) is 2.35. The molecule has 0 aliphatic rings. The van der Waals surface area contributed by atoms with Crippen molar-refractivity contribution in [3.63, 3.8) is 0 Å². The summed E-state index contributed by atoms with van der Waals surface area (Å²) in [5, 5.41) is 15.6. The van der Waals surface area contributed by atoms with E-state index in [0.717, 1.165) is 16.8 Å². The number of benzene rings is 2. The molecule has 1 aromatic heterocycles. The van der Waals surface area contributed by atoms with Gasteiger partial charge in [0.2, 0.25) is 5.95 Å². The lowest BCUT2D eigenvalue weighted by molar-refractivity contribution is 0.949. The summed E-state index contributed by atoms with van der Waals surface area (Å²) in [6.07, 6.45) is 1.56. The number of anilines is 3. The maximum atomic E-state index is 6.13. The number of nitrogens with zero attached hydrogens (tertiary/aromatic N) is 3. The first-order valence-electron chi connectivity index (χ1n) is 7.31. The van der Waals surface area contributed by atoms with Crippen molar-refractivity contribution in [1.29, 1.82) is 0 Å². The molecule has 122 valence electrons. The van der Waals surface area contributed by atoms with Crippen molar-refractivity contribution in [3.05, 3.63) is 69.8 Å². The van der Waals surface area contributed by atoms with Gasteiger partial charge >= 0.3 is 0 Å². The Kier molecular flexibility index (Phi) is 5.13. The predicted molar refractivity (Wildman–Crippen MR) is 98.1 cm³/mol. The topological polar surface area (TPSA) is 62.7 Å². The molecule has 3 rings (SSSR count). The van der Waals surface area contributed by atoms with Gasteiger partial charge in [-0.25, -0.2) is 0 Å². The zero-order valence-electron chi connectivity index (χ0n) is 12.9. The first kappa shape index (κ1) is 16.5. The minimum atomic E-state index is 0.438. The van der Waals surface area contributed by atoms with Gasteiger partial charge in [-0.05, 0) is 42.3 Å². The molecule has 7 heteroatoms. The number of rotatable bonds is 5. The van der Waals surface area contributed by atoms with E-state index >= 15 is 0 Å². The number of hydrogen-bond donors (Lipinski definition) is 2. The van der Waals surface area contributed by atoms with Crippen molar-refractivity contribution in [1.82, 2.24) is 15.2 Å². The van der Waals surface area contributed by atoms with Crippen LogP contribution in [0.3, 0.4) is 0 Å². The van der Waals surface area contributed by atoms with E-state index in [1.54, 1.807) is 6.20 Å². The predicted octanol–water partition coefficient (Wildman–Crippen LogP) is 4.84. The van der Waals surface area contributed by atoms with Crippen molar-refractivity contribution in [2.24, 2.45) is 0 Å². The summed E-state index contributed by atoms with van der Waals surface area (Å²) in [6.45, 7) is 2.54. The van der Waals surface area contributed by atoms with Gasteiger partial charge in [-0.3, -0.25) is 0 Å². The highest BCUT2D eigenvalue weighted by Gasteiger charge is 2.03. The number of aromatic nitrogens is 3. The van der Waals surface area contributed by atoms with Crippen LogP contribution in [-0.4, -0.2) is 15.2 Å². The van der Waals surface area contributed by atoms with Gasteiger partial charge < -0.3 is 10.6 Å². The zero-order chi connectivity index (χ0) is 16.9. The Labute approximate surface area is 150 Å². The van der Waals surface area contributed by atoms with Crippen LogP contribution in [0.1, 0.15) is 11.1 Å². The molecule has 2 aromatic carbocycles. The lowest BCUT2D eigenvalue weighted by Gasteiger charge is -2.09. The average Bonchev–Trinajstić information content (AvgIpc) is 2.58. The lowest BCUT2D eigenvalue weighted by atomic mass is 10.2.